The monoisotopic (exact) mass is 330 g/mol. The van der Waals surface area contributed by atoms with E-state index >= 15 is 0 Å². The van der Waals surface area contributed by atoms with E-state index in [9.17, 15) is 4.79 Å². The number of benzene rings is 1. The first-order valence-electron chi connectivity index (χ1n) is 8.01. The molecule has 1 aromatic heterocycles. The van der Waals surface area contributed by atoms with Gasteiger partial charge in [-0.1, -0.05) is 23.4 Å². The number of nitrogens with one attached hydrogen (secondary N) is 1. The van der Waals surface area contributed by atoms with Crippen LogP contribution in [0.3, 0.4) is 0 Å². The summed E-state index contributed by atoms with van der Waals surface area (Å²) >= 11 is 1.49. The molecule has 3 rings (SSSR count). The second-order valence-corrected chi connectivity index (χ2v) is 7.00. The van der Waals surface area contributed by atoms with Gasteiger partial charge in [0, 0.05) is 18.5 Å². The summed E-state index contributed by atoms with van der Waals surface area (Å²) < 4.78 is 5.51. The first kappa shape index (κ1) is 16.3. The molecule has 1 aromatic carbocycles. The van der Waals surface area contributed by atoms with Crippen molar-refractivity contribution in [2.24, 2.45) is 0 Å². The Bertz CT molecular complexity index is 711. The Kier molecular flexibility index (Phi) is 5.18. The molecule has 2 heterocycles. The minimum absolute atomic E-state index is 0.0377. The number of aryl methyl sites for hydroxylation is 2. The fourth-order valence-corrected chi connectivity index (χ4v) is 3.57. The third-order valence-corrected chi connectivity index (χ3v) is 5.10. The van der Waals surface area contributed by atoms with Crippen LogP contribution in [0.2, 0.25) is 0 Å². The number of rotatable bonds is 5. The molecule has 1 amide bonds. The molecule has 1 atom stereocenters. The lowest BCUT2D eigenvalue weighted by molar-refractivity contribution is -0.119. The van der Waals surface area contributed by atoms with Crippen molar-refractivity contribution in [2.75, 3.05) is 18.9 Å². The lowest BCUT2D eigenvalue weighted by Gasteiger charge is -2.11. The summed E-state index contributed by atoms with van der Waals surface area (Å²) in [6, 6.07) is 8.37. The van der Waals surface area contributed by atoms with Gasteiger partial charge in [-0.3, -0.25) is 4.79 Å². The number of amides is 1. The van der Waals surface area contributed by atoms with Gasteiger partial charge in [0.1, 0.15) is 5.03 Å². The summed E-state index contributed by atoms with van der Waals surface area (Å²) in [5.41, 5.74) is 3.32. The molecule has 0 saturated carbocycles. The molecule has 23 heavy (non-hydrogen) atoms. The first-order valence-corrected chi connectivity index (χ1v) is 8.99. The Morgan fingerprint density at radius 1 is 1.39 bits per heavy atom. The van der Waals surface area contributed by atoms with Crippen LogP contribution in [0.4, 0.5) is 0 Å². The normalized spacial score (nSPS) is 17.6. The summed E-state index contributed by atoms with van der Waals surface area (Å²) in [5, 5.41) is 5.02. The maximum absolute atomic E-state index is 12.0. The summed E-state index contributed by atoms with van der Waals surface area (Å²) in [4.78, 5) is 16.7. The molecular formula is C18H22N2O2S. The standard InChI is InChI=1S/C18H22N2O2S/c1-12-5-6-16-14(8-12)9-13(2)18(20-16)23-11-17(21)19-10-15-4-3-7-22-15/h5-6,8-9,15H,3-4,7,10-11H2,1-2H3,(H,19,21)/t15-/m0/s1. The zero-order valence-corrected chi connectivity index (χ0v) is 14.4. The van der Waals surface area contributed by atoms with Crippen LogP contribution in [0.15, 0.2) is 29.3 Å². The average Bonchev–Trinajstić information content (AvgIpc) is 3.04. The Hall–Kier alpha value is -1.59. The lowest BCUT2D eigenvalue weighted by atomic mass is 10.1. The fourth-order valence-electron chi connectivity index (χ4n) is 2.75. The smallest absolute Gasteiger partial charge is 0.230 e. The molecule has 1 aliphatic rings. The molecule has 1 saturated heterocycles. The zero-order valence-electron chi connectivity index (χ0n) is 13.6. The number of carbonyl (C=O) groups excluding carboxylic acids is 1. The maximum atomic E-state index is 12.0. The Labute approximate surface area is 141 Å². The van der Waals surface area contributed by atoms with E-state index < -0.39 is 0 Å². The molecule has 0 radical (unpaired) electrons. The van der Waals surface area contributed by atoms with Gasteiger partial charge >= 0.3 is 0 Å². The van der Waals surface area contributed by atoms with Crippen molar-refractivity contribution in [3.63, 3.8) is 0 Å². The highest BCUT2D eigenvalue weighted by Crippen LogP contribution is 2.25. The van der Waals surface area contributed by atoms with E-state index in [-0.39, 0.29) is 12.0 Å². The molecule has 5 heteroatoms. The third kappa shape index (κ3) is 4.24. The molecule has 0 spiro atoms. The van der Waals surface area contributed by atoms with Gasteiger partial charge in [-0.25, -0.2) is 4.98 Å². The minimum Gasteiger partial charge on any atom is -0.376 e. The molecule has 0 aliphatic carbocycles. The van der Waals surface area contributed by atoms with Crippen LogP contribution >= 0.6 is 11.8 Å². The predicted octanol–water partition coefficient (Wildman–Crippen LogP) is 3.24. The summed E-state index contributed by atoms with van der Waals surface area (Å²) in [6.45, 7) is 5.55. The van der Waals surface area contributed by atoms with Gasteiger partial charge in [0.05, 0.1) is 17.4 Å². The van der Waals surface area contributed by atoms with Crippen LogP contribution in [0.25, 0.3) is 10.9 Å². The quantitative estimate of drug-likeness (QED) is 0.855. The van der Waals surface area contributed by atoms with E-state index in [4.69, 9.17) is 4.74 Å². The van der Waals surface area contributed by atoms with Crippen molar-refractivity contribution in [3.8, 4) is 0 Å². The van der Waals surface area contributed by atoms with Crippen LogP contribution in [-0.4, -0.2) is 35.9 Å². The molecular weight excluding hydrogens is 308 g/mol. The third-order valence-electron chi connectivity index (χ3n) is 4.01. The summed E-state index contributed by atoms with van der Waals surface area (Å²) in [5.74, 6) is 0.425. The van der Waals surface area contributed by atoms with E-state index in [0.29, 0.717) is 12.3 Å². The van der Waals surface area contributed by atoms with Gasteiger partial charge in [0.15, 0.2) is 0 Å². The molecule has 2 aromatic rings. The lowest BCUT2D eigenvalue weighted by Crippen LogP contribution is -2.32. The number of hydrogen-bond acceptors (Lipinski definition) is 4. The van der Waals surface area contributed by atoms with Crippen molar-refractivity contribution in [2.45, 2.75) is 37.8 Å². The number of hydrogen-bond donors (Lipinski definition) is 1. The van der Waals surface area contributed by atoms with Gasteiger partial charge in [-0.05, 0) is 50.5 Å². The Balaban J connectivity index is 1.58. The highest BCUT2D eigenvalue weighted by Gasteiger charge is 2.16. The van der Waals surface area contributed by atoms with E-state index in [1.54, 1.807) is 0 Å². The first-order chi connectivity index (χ1) is 11.1. The highest BCUT2D eigenvalue weighted by atomic mass is 32.2. The topological polar surface area (TPSA) is 51.2 Å². The Morgan fingerprint density at radius 3 is 3.04 bits per heavy atom. The molecule has 1 N–H and O–H groups in total. The number of nitrogens with zero attached hydrogens (tertiary/aromatic N) is 1. The zero-order chi connectivity index (χ0) is 16.2. The van der Waals surface area contributed by atoms with Crippen LogP contribution in [0, 0.1) is 13.8 Å². The van der Waals surface area contributed by atoms with Crippen molar-refractivity contribution in [1.29, 1.82) is 0 Å². The largest absolute Gasteiger partial charge is 0.376 e. The minimum atomic E-state index is 0.0377. The number of ether oxygens (including phenoxy) is 1. The maximum Gasteiger partial charge on any atom is 0.230 e. The van der Waals surface area contributed by atoms with Crippen LogP contribution < -0.4 is 5.32 Å². The predicted molar refractivity (Wildman–Crippen MR) is 93.9 cm³/mol. The SMILES string of the molecule is Cc1ccc2nc(SCC(=O)NC[C@@H]3CCCO3)c(C)cc2c1. The van der Waals surface area contributed by atoms with Crippen molar-refractivity contribution < 1.29 is 9.53 Å². The van der Waals surface area contributed by atoms with E-state index in [1.165, 1.54) is 17.3 Å². The van der Waals surface area contributed by atoms with Gasteiger partial charge in [-0.2, -0.15) is 0 Å². The van der Waals surface area contributed by atoms with Gasteiger partial charge < -0.3 is 10.1 Å². The molecule has 1 fully saturated rings. The van der Waals surface area contributed by atoms with Crippen molar-refractivity contribution in [1.82, 2.24) is 10.3 Å². The number of carbonyl (C=O) groups is 1. The van der Waals surface area contributed by atoms with Gasteiger partial charge in [0.25, 0.3) is 0 Å². The van der Waals surface area contributed by atoms with Crippen molar-refractivity contribution >= 4 is 28.6 Å². The number of fused-ring (bicyclic) bond motifs is 1. The summed E-state index contributed by atoms with van der Waals surface area (Å²) in [6.07, 6.45) is 2.32. The molecule has 0 unspecified atom stereocenters. The van der Waals surface area contributed by atoms with Gasteiger partial charge in [0.2, 0.25) is 5.91 Å². The van der Waals surface area contributed by atoms with Crippen LogP contribution in [-0.2, 0) is 9.53 Å². The number of pyridine rings is 1. The molecule has 0 bridgehead atoms. The average molecular weight is 330 g/mol. The fraction of sp³-hybridized carbons (Fsp3) is 0.444. The van der Waals surface area contributed by atoms with Crippen LogP contribution in [0.1, 0.15) is 24.0 Å². The highest BCUT2D eigenvalue weighted by molar-refractivity contribution is 7.99. The number of aromatic nitrogens is 1. The van der Waals surface area contributed by atoms with Gasteiger partial charge in [-0.15, -0.1) is 0 Å². The molecule has 4 nitrogen and oxygen atoms in total. The second-order valence-electron chi connectivity index (χ2n) is 6.03. The summed E-state index contributed by atoms with van der Waals surface area (Å²) in [7, 11) is 0. The second kappa shape index (κ2) is 7.32. The van der Waals surface area contributed by atoms with Crippen LogP contribution in [0.5, 0.6) is 0 Å². The Morgan fingerprint density at radius 2 is 2.26 bits per heavy atom. The number of thioether (sulfide) groups is 1. The molecule has 1 aliphatic heterocycles. The van der Waals surface area contributed by atoms with Crippen molar-refractivity contribution in [3.05, 3.63) is 35.4 Å². The molecule has 122 valence electrons. The van der Waals surface area contributed by atoms with E-state index in [2.05, 4.69) is 35.4 Å². The van der Waals surface area contributed by atoms with E-state index in [1.807, 2.05) is 13.0 Å². The van der Waals surface area contributed by atoms with E-state index in [0.717, 1.165) is 40.9 Å².